The van der Waals surface area contributed by atoms with E-state index in [0.29, 0.717) is 11.1 Å². The van der Waals surface area contributed by atoms with Crippen LogP contribution >= 0.6 is 0 Å². The zero-order valence-electron chi connectivity index (χ0n) is 10.7. The Labute approximate surface area is 109 Å². The Hall–Kier alpha value is -1.99. The van der Waals surface area contributed by atoms with Crippen molar-refractivity contribution in [2.45, 2.75) is 32.5 Å². The van der Waals surface area contributed by atoms with Gasteiger partial charge in [-0.15, -0.1) is 0 Å². The fourth-order valence-corrected chi connectivity index (χ4v) is 2.00. The number of rotatable bonds is 5. The van der Waals surface area contributed by atoms with Crippen molar-refractivity contribution in [2.24, 2.45) is 5.73 Å². The van der Waals surface area contributed by atoms with Crippen molar-refractivity contribution in [3.8, 4) is 0 Å². The number of nitro groups is 1. The van der Waals surface area contributed by atoms with Gasteiger partial charge in [-0.3, -0.25) is 14.9 Å². The van der Waals surface area contributed by atoms with Crippen molar-refractivity contribution in [3.05, 3.63) is 38.9 Å². The topological polar surface area (TPSA) is 127 Å². The van der Waals surface area contributed by atoms with Crippen LogP contribution in [0, 0.1) is 24.0 Å². The largest absolute Gasteiger partial charge is 0.390 e. The number of nitro benzene ring substituents is 1. The molecular formula is C12H16N2O5. The van der Waals surface area contributed by atoms with Crippen LogP contribution in [0.5, 0.6) is 0 Å². The molecule has 0 fully saturated rings. The summed E-state index contributed by atoms with van der Waals surface area (Å²) in [4.78, 5) is 21.1. The molecule has 0 heterocycles. The SMILES string of the molecule is Cc1cc(C)c(C(O)C(O)CC(N)=O)c([N+](=O)[O-])c1. The third-order valence-electron chi connectivity index (χ3n) is 2.78. The summed E-state index contributed by atoms with van der Waals surface area (Å²) in [5.41, 5.74) is 5.79. The molecule has 1 aromatic carbocycles. The van der Waals surface area contributed by atoms with E-state index < -0.39 is 29.5 Å². The van der Waals surface area contributed by atoms with Gasteiger partial charge in [0.2, 0.25) is 5.91 Å². The number of aliphatic hydroxyl groups excluding tert-OH is 2. The molecule has 0 saturated heterocycles. The van der Waals surface area contributed by atoms with Gasteiger partial charge in [0.1, 0.15) is 6.10 Å². The number of carbonyl (C=O) groups is 1. The number of amides is 1. The van der Waals surface area contributed by atoms with Crippen LogP contribution in [-0.4, -0.2) is 27.1 Å². The lowest BCUT2D eigenvalue weighted by Crippen LogP contribution is -2.26. The first kappa shape index (κ1) is 15.1. The third-order valence-corrected chi connectivity index (χ3v) is 2.78. The molecule has 7 heteroatoms. The molecule has 1 amide bonds. The predicted octanol–water partition coefficient (Wildman–Crippen LogP) is 0.481. The lowest BCUT2D eigenvalue weighted by molar-refractivity contribution is -0.386. The molecule has 0 saturated carbocycles. The minimum Gasteiger partial charge on any atom is -0.390 e. The number of nitrogens with two attached hydrogens (primary N) is 1. The first-order valence-corrected chi connectivity index (χ1v) is 5.64. The number of hydrogen-bond donors (Lipinski definition) is 3. The van der Waals surface area contributed by atoms with Crippen LogP contribution in [0.25, 0.3) is 0 Å². The maximum absolute atomic E-state index is 11.0. The molecule has 7 nitrogen and oxygen atoms in total. The molecule has 0 spiro atoms. The second-order valence-corrected chi connectivity index (χ2v) is 4.45. The van der Waals surface area contributed by atoms with E-state index in [2.05, 4.69) is 0 Å². The van der Waals surface area contributed by atoms with Crippen molar-refractivity contribution in [3.63, 3.8) is 0 Å². The summed E-state index contributed by atoms with van der Waals surface area (Å²) in [5.74, 6) is -0.793. The van der Waals surface area contributed by atoms with E-state index in [1.54, 1.807) is 19.9 Å². The number of benzene rings is 1. The van der Waals surface area contributed by atoms with Crippen molar-refractivity contribution >= 4 is 11.6 Å². The lowest BCUT2D eigenvalue weighted by Gasteiger charge is -2.19. The number of primary amides is 1. The average molecular weight is 268 g/mol. The highest BCUT2D eigenvalue weighted by molar-refractivity contribution is 5.74. The molecule has 4 N–H and O–H groups in total. The predicted molar refractivity (Wildman–Crippen MR) is 67.3 cm³/mol. The normalized spacial score (nSPS) is 13.9. The van der Waals surface area contributed by atoms with Gasteiger partial charge in [0.25, 0.3) is 5.69 Å². The van der Waals surface area contributed by atoms with E-state index in [1.807, 2.05) is 0 Å². The Morgan fingerprint density at radius 2 is 2.00 bits per heavy atom. The van der Waals surface area contributed by atoms with Crippen molar-refractivity contribution in [1.29, 1.82) is 0 Å². The molecule has 0 bridgehead atoms. The average Bonchev–Trinajstić information content (AvgIpc) is 2.25. The van der Waals surface area contributed by atoms with Gasteiger partial charge >= 0.3 is 0 Å². The summed E-state index contributed by atoms with van der Waals surface area (Å²) >= 11 is 0. The van der Waals surface area contributed by atoms with E-state index >= 15 is 0 Å². The number of aryl methyl sites for hydroxylation is 2. The van der Waals surface area contributed by atoms with Crippen LogP contribution in [0.3, 0.4) is 0 Å². The Morgan fingerprint density at radius 3 is 2.47 bits per heavy atom. The molecule has 2 unspecified atom stereocenters. The van der Waals surface area contributed by atoms with Crippen LogP contribution in [0.1, 0.15) is 29.2 Å². The first-order valence-electron chi connectivity index (χ1n) is 5.64. The summed E-state index contributed by atoms with van der Waals surface area (Å²) in [5, 5.41) is 30.6. The van der Waals surface area contributed by atoms with Crippen LogP contribution in [0.4, 0.5) is 5.69 Å². The van der Waals surface area contributed by atoms with E-state index in [4.69, 9.17) is 5.73 Å². The molecule has 0 aliphatic carbocycles. The highest BCUT2D eigenvalue weighted by atomic mass is 16.6. The minimum absolute atomic E-state index is 0.00403. The summed E-state index contributed by atoms with van der Waals surface area (Å²) in [6.45, 7) is 3.28. The summed E-state index contributed by atoms with van der Waals surface area (Å²) in [7, 11) is 0. The van der Waals surface area contributed by atoms with Gasteiger partial charge in [0.15, 0.2) is 0 Å². The Kier molecular flexibility index (Phi) is 4.57. The molecule has 1 rings (SSSR count). The maximum Gasteiger partial charge on any atom is 0.275 e. The van der Waals surface area contributed by atoms with Gasteiger partial charge < -0.3 is 15.9 Å². The zero-order valence-corrected chi connectivity index (χ0v) is 10.7. The van der Waals surface area contributed by atoms with E-state index in [1.165, 1.54) is 6.07 Å². The molecule has 0 aromatic heterocycles. The standard InChI is InChI=1S/C12H16N2O5/c1-6-3-7(2)11(8(4-6)14(18)19)12(17)9(15)5-10(13)16/h3-4,9,12,15,17H,5H2,1-2H3,(H2,13,16). The first-order chi connectivity index (χ1) is 8.73. The van der Waals surface area contributed by atoms with Gasteiger partial charge in [0.05, 0.1) is 23.0 Å². The Bertz CT molecular complexity index is 515. The van der Waals surface area contributed by atoms with E-state index in [9.17, 15) is 25.1 Å². The third kappa shape index (κ3) is 3.49. The van der Waals surface area contributed by atoms with Crippen LogP contribution in [0.2, 0.25) is 0 Å². The maximum atomic E-state index is 11.0. The molecule has 0 radical (unpaired) electrons. The fourth-order valence-electron chi connectivity index (χ4n) is 2.00. The number of aliphatic hydroxyl groups is 2. The molecular weight excluding hydrogens is 252 g/mol. The van der Waals surface area contributed by atoms with Gasteiger partial charge in [-0.2, -0.15) is 0 Å². The molecule has 0 aliphatic rings. The zero-order chi connectivity index (χ0) is 14.7. The van der Waals surface area contributed by atoms with Crippen LogP contribution < -0.4 is 5.73 Å². The highest BCUT2D eigenvalue weighted by Crippen LogP contribution is 2.32. The number of hydrogen-bond acceptors (Lipinski definition) is 5. The molecule has 2 atom stereocenters. The Morgan fingerprint density at radius 1 is 1.42 bits per heavy atom. The molecule has 0 aliphatic heterocycles. The monoisotopic (exact) mass is 268 g/mol. The van der Waals surface area contributed by atoms with Crippen molar-refractivity contribution < 1.29 is 19.9 Å². The minimum atomic E-state index is -1.53. The van der Waals surface area contributed by atoms with Gasteiger partial charge in [-0.1, -0.05) is 6.07 Å². The molecule has 1 aromatic rings. The lowest BCUT2D eigenvalue weighted by atomic mass is 9.94. The van der Waals surface area contributed by atoms with E-state index in [-0.39, 0.29) is 11.3 Å². The molecule has 19 heavy (non-hydrogen) atoms. The Balaban J connectivity index is 3.25. The van der Waals surface area contributed by atoms with Crippen molar-refractivity contribution in [1.82, 2.24) is 0 Å². The summed E-state index contributed by atoms with van der Waals surface area (Å²) < 4.78 is 0. The van der Waals surface area contributed by atoms with E-state index in [0.717, 1.165) is 0 Å². The quantitative estimate of drug-likeness (QED) is 0.528. The van der Waals surface area contributed by atoms with Gasteiger partial charge in [0, 0.05) is 6.07 Å². The number of nitrogens with zero attached hydrogens (tertiary/aromatic N) is 1. The van der Waals surface area contributed by atoms with Gasteiger partial charge in [-0.05, 0) is 25.0 Å². The van der Waals surface area contributed by atoms with Crippen molar-refractivity contribution in [2.75, 3.05) is 0 Å². The highest BCUT2D eigenvalue weighted by Gasteiger charge is 2.29. The summed E-state index contributed by atoms with van der Waals surface area (Å²) in [6, 6.07) is 2.96. The summed E-state index contributed by atoms with van der Waals surface area (Å²) in [6.07, 6.45) is -3.47. The fraction of sp³-hybridized carbons (Fsp3) is 0.417. The second kappa shape index (κ2) is 5.77. The number of carbonyl (C=O) groups excluding carboxylic acids is 1. The second-order valence-electron chi connectivity index (χ2n) is 4.45. The smallest absolute Gasteiger partial charge is 0.275 e. The van der Waals surface area contributed by atoms with Crippen LogP contribution in [-0.2, 0) is 4.79 Å². The molecule has 104 valence electrons. The van der Waals surface area contributed by atoms with Gasteiger partial charge in [-0.25, -0.2) is 0 Å². The van der Waals surface area contributed by atoms with Crippen LogP contribution in [0.15, 0.2) is 12.1 Å².